The van der Waals surface area contributed by atoms with Gasteiger partial charge in [0.1, 0.15) is 5.75 Å². The molecule has 1 aliphatic rings. The van der Waals surface area contributed by atoms with Crippen LogP contribution in [0.2, 0.25) is 0 Å². The molecule has 1 fully saturated rings. The van der Waals surface area contributed by atoms with Crippen molar-refractivity contribution in [2.75, 3.05) is 7.11 Å². The fourth-order valence-electron chi connectivity index (χ4n) is 2.71. The predicted molar refractivity (Wildman–Crippen MR) is 82.5 cm³/mol. The van der Waals surface area contributed by atoms with E-state index in [1.165, 1.54) is 5.56 Å². The van der Waals surface area contributed by atoms with Crippen LogP contribution in [0.1, 0.15) is 56.1 Å². The lowest BCUT2D eigenvalue weighted by molar-refractivity contribution is -0.137. The highest BCUT2D eigenvalue weighted by Gasteiger charge is 2.35. The molecule has 0 saturated heterocycles. The molecular formula is C16H21BrO3. The van der Waals surface area contributed by atoms with Gasteiger partial charge < -0.3 is 9.84 Å². The van der Waals surface area contributed by atoms with Gasteiger partial charge in [-0.15, -0.1) is 0 Å². The second-order valence-corrected chi connectivity index (χ2v) is 6.67. The molecule has 0 heterocycles. The number of aliphatic carboxylic acids is 1. The molecule has 3 nitrogen and oxygen atoms in total. The summed E-state index contributed by atoms with van der Waals surface area (Å²) in [5.41, 5.74) is 2.21. The maximum Gasteiger partial charge on any atom is 0.303 e. The summed E-state index contributed by atoms with van der Waals surface area (Å²) in [6, 6.07) is 4.10. The Morgan fingerprint density at radius 1 is 1.40 bits per heavy atom. The average Bonchev–Trinajstić information content (AvgIpc) is 3.19. The number of halogens is 1. The van der Waals surface area contributed by atoms with Crippen molar-refractivity contribution < 1.29 is 14.6 Å². The highest BCUT2D eigenvalue weighted by molar-refractivity contribution is 9.10. The van der Waals surface area contributed by atoms with Gasteiger partial charge in [0.25, 0.3) is 0 Å². The average molecular weight is 341 g/mol. The van der Waals surface area contributed by atoms with E-state index in [1.54, 1.807) is 7.11 Å². The van der Waals surface area contributed by atoms with E-state index in [-0.39, 0.29) is 12.3 Å². The molecule has 0 amide bonds. The molecule has 110 valence electrons. The number of methoxy groups -OCH3 is 1. The van der Waals surface area contributed by atoms with E-state index in [0.29, 0.717) is 11.8 Å². The zero-order chi connectivity index (χ0) is 14.9. The van der Waals surface area contributed by atoms with Crippen molar-refractivity contribution >= 4 is 21.9 Å². The van der Waals surface area contributed by atoms with Crippen LogP contribution in [0, 0.1) is 5.92 Å². The number of benzene rings is 1. The number of carboxylic acids is 1. The number of rotatable bonds is 6. The monoisotopic (exact) mass is 340 g/mol. The second-order valence-electron chi connectivity index (χ2n) is 5.81. The first-order valence-electron chi connectivity index (χ1n) is 7.03. The minimum atomic E-state index is -0.743. The Morgan fingerprint density at radius 3 is 2.50 bits per heavy atom. The van der Waals surface area contributed by atoms with E-state index in [0.717, 1.165) is 28.6 Å². The van der Waals surface area contributed by atoms with Gasteiger partial charge in [0.2, 0.25) is 0 Å². The van der Waals surface area contributed by atoms with Crippen LogP contribution in [-0.2, 0) is 4.79 Å². The molecular weight excluding hydrogens is 320 g/mol. The Balaban J connectivity index is 2.42. The first-order valence-corrected chi connectivity index (χ1v) is 7.82. The standard InChI is InChI=1S/C16H21BrO3/c1-9(2)11-7-15(20-3)13(6-14(11)17)12(8-16(18)19)10-4-5-10/h6-7,9-10,12H,4-5,8H2,1-3H3,(H,18,19). The number of carbonyl (C=O) groups is 1. The molecule has 1 aromatic rings. The van der Waals surface area contributed by atoms with E-state index in [1.807, 2.05) is 6.07 Å². The smallest absolute Gasteiger partial charge is 0.303 e. The Morgan fingerprint density at radius 2 is 2.05 bits per heavy atom. The lowest BCUT2D eigenvalue weighted by Crippen LogP contribution is -2.10. The molecule has 0 aromatic heterocycles. The Kier molecular flexibility index (Phi) is 4.74. The number of ether oxygens (including phenoxy) is 1. The maximum atomic E-state index is 11.1. The van der Waals surface area contributed by atoms with Crippen LogP contribution in [-0.4, -0.2) is 18.2 Å². The third-order valence-corrected chi connectivity index (χ3v) is 4.64. The van der Waals surface area contributed by atoms with Gasteiger partial charge in [-0.2, -0.15) is 0 Å². The van der Waals surface area contributed by atoms with Crippen molar-refractivity contribution in [2.24, 2.45) is 5.92 Å². The van der Waals surface area contributed by atoms with Crippen LogP contribution in [0.4, 0.5) is 0 Å². The zero-order valence-electron chi connectivity index (χ0n) is 12.1. The molecule has 1 saturated carbocycles. The SMILES string of the molecule is COc1cc(C(C)C)c(Br)cc1C(CC(=O)O)C1CC1. The minimum Gasteiger partial charge on any atom is -0.496 e. The molecule has 0 aliphatic heterocycles. The summed E-state index contributed by atoms with van der Waals surface area (Å²) in [4.78, 5) is 11.1. The lowest BCUT2D eigenvalue weighted by Gasteiger charge is -2.21. The fraction of sp³-hybridized carbons (Fsp3) is 0.562. The fourth-order valence-corrected chi connectivity index (χ4v) is 3.53. The molecule has 1 aliphatic carbocycles. The van der Waals surface area contributed by atoms with Gasteiger partial charge in [-0.05, 0) is 47.9 Å². The van der Waals surface area contributed by atoms with Crippen molar-refractivity contribution in [3.63, 3.8) is 0 Å². The van der Waals surface area contributed by atoms with E-state index in [9.17, 15) is 4.79 Å². The Hall–Kier alpha value is -1.03. The summed E-state index contributed by atoms with van der Waals surface area (Å²) >= 11 is 3.61. The molecule has 1 aromatic carbocycles. The first kappa shape index (κ1) is 15.4. The number of hydrogen-bond donors (Lipinski definition) is 1. The summed E-state index contributed by atoms with van der Waals surface area (Å²) in [5.74, 6) is 1.01. The van der Waals surface area contributed by atoms with Gasteiger partial charge in [0, 0.05) is 10.4 Å². The van der Waals surface area contributed by atoms with Crippen LogP contribution in [0.15, 0.2) is 16.6 Å². The third kappa shape index (κ3) is 3.35. The maximum absolute atomic E-state index is 11.1. The highest BCUT2D eigenvalue weighted by Crippen LogP contribution is 2.48. The minimum absolute atomic E-state index is 0.0555. The van der Waals surface area contributed by atoms with Crippen LogP contribution < -0.4 is 4.74 Å². The van der Waals surface area contributed by atoms with E-state index >= 15 is 0 Å². The molecule has 20 heavy (non-hydrogen) atoms. The Bertz CT molecular complexity index is 507. The summed E-state index contributed by atoms with van der Waals surface area (Å²) in [7, 11) is 1.65. The normalized spacial score (nSPS) is 16.2. The number of hydrogen-bond acceptors (Lipinski definition) is 2. The van der Waals surface area contributed by atoms with Crippen molar-refractivity contribution in [2.45, 2.75) is 44.9 Å². The van der Waals surface area contributed by atoms with Gasteiger partial charge in [0.05, 0.1) is 13.5 Å². The molecule has 0 spiro atoms. The topological polar surface area (TPSA) is 46.5 Å². The third-order valence-electron chi connectivity index (χ3n) is 3.96. The molecule has 0 radical (unpaired) electrons. The molecule has 4 heteroatoms. The van der Waals surface area contributed by atoms with Crippen LogP contribution in [0.5, 0.6) is 5.75 Å². The quantitative estimate of drug-likeness (QED) is 0.826. The van der Waals surface area contributed by atoms with Gasteiger partial charge >= 0.3 is 5.97 Å². The lowest BCUT2D eigenvalue weighted by atomic mass is 9.88. The molecule has 1 atom stereocenters. The van der Waals surface area contributed by atoms with Gasteiger partial charge in [-0.1, -0.05) is 29.8 Å². The molecule has 1 unspecified atom stereocenters. The van der Waals surface area contributed by atoms with Crippen molar-refractivity contribution in [3.05, 3.63) is 27.7 Å². The summed E-state index contributed by atoms with van der Waals surface area (Å²) in [6.45, 7) is 4.27. The van der Waals surface area contributed by atoms with Gasteiger partial charge in [-0.25, -0.2) is 0 Å². The van der Waals surface area contributed by atoms with Crippen LogP contribution >= 0.6 is 15.9 Å². The second kappa shape index (κ2) is 6.17. The van der Waals surface area contributed by atoms with Crippen LogP contribution in [0.3, 0.4) is 0 Å². The molecule has 0 bridgehead atoms. The summed E-state index contributed by atoms with van der Waals surface area (Å²) < 4.78 is 6.56. The van der Waals surface area contributed by atoms with E-state index in [4.69, 9.17) is 9.84 Å². The van der Waals surface area contributed by atoms with Gasteiger partial charge in [-0.3, -0.25) is 4.79 Å². The summed E-state index contributed by atoms with van der Waals surface area (Å²) in [6.07, 6.45) is 2.41. The largest absolute Gasteiger partial charge is 0.496 e. The van der Waals surface area contributed by atoms with Crippen molar-refractivity contribution in [1.29, 1.82) is 0 Å². The number of carboxylic acid groups (broad SMARTS) is 1. The van der Waals surface area contributed by atoms with Crippen LogP contribution in [0.25, 0.3) is 0 Å². The van der Waals surface area contributed by atoms with E-state index in [2.05, 4.69) is 35.8 Å². The molecule has 1 N–H and O–H groups in total. The van der Waals surface area contributed by atoms with Crippen molar-refractivity contribution in [1.82, 2.24) is 0 Å². The predicted octanol–water partition coefficient (Wildman–Crippen LogP) is 4.55. The first-order chi connectivity index (χ1) is 9.43. The summed E-state index contributed by atoms with van der Waals surface area (Å²) in [5, 5.41) is 9.15. The van der Waals surface area contributed by atoms with Gasteiger partial charge in [0.15, 0.2) is 0 Å². The zero-order valence-corrected chi connectivity index (χ0v) is 13.7. The highest BCUT2D eigenvalue weighted by atomic mass is 79.9. The molecule has 2 rings (SSSR count). The van der Waals surface area contributed by atoms with E-state index < -0.39 is 5.97 Å². The Labute approximate surface area is 128 Å². The van der Waals surface area contributed by atoms with Crippen molar-refractivity contribution in [3.8, 4) is 5.75 Å².